The third-order valence-electron chi connectivity index (χ3n) is 3.43. The highest BCUT2D eigenvalue weighted by Gasteiger charge is 2.40. The fourth-order valence-corrected chi connectivity index (χ4v) is 2.17. The molecule has 1 heterocycles. The first-order chi connectivity index (χ1) is 12.7. The van der Waals surface area contributed by atoms with Gasteiger partial charge in [0.2, 0.25) is 11.6 Å². The van der Waals surface area contributed by atoms with Crippen LogP contribution in [0.25, 0.3) is 0 Å². The van der Waals surface area contributed by atoms with Crippen LogP contribution in [0.5, 0.6) is 0 Å². The summed E-state index contributed by atoms with van der Waals surface area (Å²) in [4.78, 5) is 11.9. The van der Waals surface area contributed by atoms with Gasteiger partial charge >= 0.3 is 18.5 Å². The molecule has 0 aliphatic rings. The molecule has 0 spiro atoms. The van der Waals surface area contributed by atoms with Gasteiger partial charge in [0.15, 0.2) is 0 Å². The van der Waals surface area contributed by atoms with Gasteiger partial charge in [-0.05, 0) is 25.1 Å². The van der Waals surface area contributed by atoms with Crippen LogP contribution in [-0.2, 0) is 25.1 Å². The Morgan fingerprint density at radius 1 is 0.929 bits per heavy atom. The standard InChI is InChI=1S/C14H9F9N4O/c1-2-27-10(28)9(14(21,22)23)25-26-11(27)24-8-4-3-6(12(15,16)17)5-7(8)13(18,19)20/h3-5H,2H2,1H3,(H,24,26). The molecule has 1 aromatic heterocycles. The summed E-state index contributed by atoms with van der Waals surface area (Å²) < 4.78 is 116. The number of nitrogens with zero attached hydrogens (tertiary/aromatic N) is 3. The first-order valence-electron chi connectivity index (χ1n) is 7.26. The van der Waals surface area contributed by atoms with Crippen molar-refractivity contribution in [3.8, 4) is 0 Å². The van der Waals surface area contributed by atoms with Gasteiger partial charge in [0.1, 0.15) is 0 Å². The summed E-state index contributed by atoms with van der Waals surface area (Å²) in [5.41, 5.74) is -7.84. The summed E-state index contributed by atoms with van der Waals surface area (Å²) in [7, 11) is 0. The molecule has 14 heteroatoms. The third-order valence-corrected chi connectivity index (χ3v) is 3.43. The van der Waals surface area contributed by atoms with Gasteiger partial charge in [-0.25, -0.2) is 0 Å². The lowest BCUT2D eigenvalue weighted by molar-refractivity contribution is -0.144. The summed E-state index contributed by atoms with van der Waals surface area (Å²) >= 11 is 0. The molecule has 0 atom stereocenters. The molecule has 0 saturated carbocycles. The monoisotopic (exact) mass is 420 g/mol. The summed E-state index contributed by atoms with van der Waals surface area (Å²) in [5, 5.41) is 7.66. The SMILES string of the molecule is CCn1c(Nc2ccc(C(F)(F)F)cc2C(F)(F)F)nnc(C(F)(F)F)c1=O. The average molecular weight is 420 g/mol. The maximum atomic E-state index is 13.1. The predicted molar refractivity (Wildman–Crippen MR) is 76.7 cm³/mol. The fourth-order valence-electron chi connectivity index (χ4n) is 2.17. The minimum Gasteiger partial charge on any atom is -0.324 e. The number of aromatic nitrogens is 3. The van der Waals surface area contributed by atoms with Crippen LogP contribution >= 0.6 is 0 Å². The van der Waals surface area contributed by atoms with Gasteiger partial charge in [-0.15, -0.1) is 10.2 Å². The molecule has 0 saturated heterocycles. The quantitative estimate of drug-likeness (QED) is 0.746. The van der Waals surface area contributed by atoms with Gasteiger partial charge in [0.05, 0.1) is 16.8 Å². The van der Waals surface area contributed by atoms with Gasteiger partial charge in [0, 0.05) is 6.54 Å². The van der Waals surface area contributed by atoms with Gasteiger partial charge in [-0.2, -0.15) is 39.5 Å². The Labute approximate surface area is 149 Å². The highest BCUT2D eigenvalue weighted by molar-refractivity contribution is 5.60. The minimum absolute atomic E-state index is 0.172. The van der Waals surface area contributed by atoms with Crippen LogP contribution in [0.2, 0.25) is 0 Å². The second kappa shape index (κ2) is 6.98. The van der Waals surface area contributed by atoms with Crippen molar-refractivity contribution in [2.45, 2.75) is 32.0 Å². The Kier molecular flexibility index (Phi) is 5.36. The fraction of sp³-hybridized carbons (Fsp3) is 0.357. The molecule has 2 rings (SSSR count). The third kappa shape index (κ3) is 4.36. The lowest BCUT2D eigenvalue weighted by Crippen LogP contribution is -2.32. The van der Waals surface area contributed by atoms with Crippen molar-refractivity contribution in [2.75, 3.05) is 5.32 Å². The molecule has 0 aliphatic heterocycles. The molecule has 0 aliphatic carbocycles. The first-order valence-corrected chi connectivity index (χ1v) is 7.26. The van der Waals surface area contributed by atoms with E-state index < -0.39 is 59.1 Å². The van der Waals surface area contributed by atoms with Crippen LogP contribution in [0, 0.1) is 0 Å². The summed E-state index contributed by atoms with van der Waals surface area (Å²) in [6.07, 6.45) is -15.4. The zero-order chi connectivity index (χ0) is 21.5. The van der Waals surface area contributed by atoms with E-state index in [4.69, 9.17) is 0 Å². The molecular formula is C14H9F9N4O. The Bertz CT molecular complexity index is 928. The number of benzene rings is 1. The van der Waals surface area contributed by atoms with Gasteiger partial charge < -0.3 is 5.32 Å². The zero-order valence-corrected chi connectivity index (χ0v) is 13.6. The number of hydrogen-bond donors (Lipinski definition) is 1. The number of halogens is 9. The highest BCUT2D eigenvalue weighted by atomic mass is 19.4. The molecule has 154 valence electrons. The Balaban J connectivity index is 2.60. The van der Waals surface area contributed by atoms with Crippen molar-refractivity contribution < 1.29 is 39.5 Å². The normalized spacial score (nSPS) is 12.9. The van der Waals surface area contributed by atoms with Crippen LogP contribution in [0.3, 0.4) is 0 Å². The molecule has 28 heavy (non-hydrogen) atoms. The van der Waals surface area contributed by atoms with Gasteiger partial charge in [-0.1, -0.05) is 0 Å². The highest BCUT2D eigenvalue weighted by Crippen LogP contribution is 2.40. The van der Waals surface area contributed by atoms with E-state index in [2.05, 4.69) is 10.2 Å². The second-order valence-corrected chi connectivity index (χ2v) is 5.30. The maximum absolute atomic E-state index is 13.1. The lowest BCUT2D eigenvalue weighted by atomic mass is 10.1. The number of anilines is 2. The maximum Gasteiger partial charge on any atom is 0.440 e. The van der Waals surface area contributed by atoms with Crippen LogP contribution in [0.4, 0.5) is 51.1 Å². The van der Waals surface area contributed by atoms with Crippen molar-refractivity contribution in [2.24, 2.45) is 0 Å². The van der Waals surface area contributed by atoms with Crippen LogP contribution in [0.15, 0.2) is 23.0 Å². The molecule has 5 nitrogen and oxygen atoms in total. The molecule has 2 aromatic rings. The van der Waals surface area contributed by atoms with Crippen LogP contribution < -0.4 is 10.9 Å². The summed E-state index contributed by atoms with van der Waals surface area (Å²) in [5.74, 6) is -0.800. The number of hydrogen-bond acceptors (Lipinski definition) is 4. The molecule has 0 fully saturated rings. The van der Waals surface area contributed by atoms with Crippen LogP contribution in [-0.4, -0.2) is 14.8 Å². The van der Waals surface area contributed by atoms with Crippen molar-refractivity contribution in [3.63, 3.8) is 0 Å². The molecule has 1 aromatic carbocycles. The van der Waals surface area contributed by atoms with Crippen LogP contribution in [0.1, 0.15) is 23.7 Å². The minimum atomic E-state index is -5.24. The largest absolute Gasteiger partial charge is 0.440 e. The average Bonchev–Trinajstić information content (AvgIpc) is 2.52. The van der Waals surface area contributed by atoms with Gasteiger partial charge in [-0.3, -0.25) is 9.36 Å². The topological polar surface area (TPSA) is 59.8 Å². The smallest absolute Gasteiger partial charge is 0.324 e. The van der Waals surface area contributed by atoms with Crippen molar-refractivity contribution >= 4 is 11.6 Å². The van der Waals surface area contributed by atoms with E-state index in [9.17, 15) is 44.3 Å². The van der Waals surface area contributed by atoms with E-state index in [1.807, 2.05) is 5.32 Å². The van der Waals surface area contributed by atoms with Crippen molar-refractivity contribution in [1.29, 1.82) is 0 Å². The van der Waals surface area contributed by atoms with E-state index in [1.54, 1.807) is 0 Å². The Morgan fingerprint density at radius 3 is 2.00 bits per heavy atom. The Morgan fingerprint density at radius 2 is 1.54 bits per heavy atom. The molecular weight excluding hydrogens is 411 g/mol. The van der Waals surface area contributed by atoms with Gasteiger partial charge in [0.25, 0.3) is 5.56 Å². The molecule has 0 radical (unpaired) electrons. The van der Waals surface area contributed by atoms with Crippen molar-refractivity contribution in [3.05, 3.63) is 45.4 Å². The number of nitrogens with one attached hydrogen (secondary N) is 1. The predicted octanol–water partition coefficient (Wildman–Crippen LogP) is 4.46. The van der Waals surface area contributed by atoms with E-state index in [1.165, 1.54) is 6.92 Å². The van der Waals surface area contributed by atoms with E-state index in [-0.39, 0.29) is 6.07 Å². The van der Waals surface area contributed by atoms with Crippen molar-refractivity contribution in [1.82, 2.24) is 14.8 Å². The van der Waals surface area contributed by atoms with E-state index in [0.717, 1.165) is 0 Å². The molecule has 0 unspecified atom stereocenters. The zero-order valence-electron chi connectivity index (χ0n) is 13.6. The molecule has 0 bridgehead atoms. The Hall–Kier alpha value is -2.80. The summed E-state index contributed by atoms with van der Waals surface area (Å²) in [6.45, 7) is 0.785. The first kappa shape index (κ1) is 21.5. The summed E-state index contributed by atoms with van der Waals surface area (Å²) in [6, 6.07) is 0.590. The number of rotatable bonds is 3. The van der Waals surface area contributed by atoms with E-state index in [0.29, 0.717) is 16.7 Å². The molecule has 0 amide bonds. The second-order valence-electron chi connectivity index (χ2n) is 5.30. The van der Waals surface area contributed by atoms with E-state index >= 15 is 0 Å². The lowest BCUT2D eigenvalue weighted by Gasteiger charge is -2.18. The number of alkyl halides is 9. The molecule has 1 N–H and O–H groups in total.